The lowest BCUT2D eigenvalue weighted by Gasteiger charge is -2.32. The number of quaternary nitrogens is 1. The molecule has 1 heterocycles. The summed E-state index contributed by atoms with van der Waals surface area (Å²) in [7, 11) is -10.4. The summed E-state index contributed by atoms with van der Waals surface area (Å²) in [6.07, 6.45) is 0.721. The Morgan fingerprint density at radius 1 is 1.15 bits per heavy atom. The van der Waals surface area contributed by atoms with Crippen LogP contribution in [0, 0.1) is 10.1 Å². The van der Waals surface area contributed by atoms with Crippen LogP contribution in [0.5, 0.6) is 0 Å². The largest absolute Gasteiger partial charge is 0.368 e. The van der Waals surface area contributed by atoms with Crippen LogP contribution in [-0.4, -0.2) is 104 Å². The molecule has 0 saturated carbocycles. The third-order valence-corrected chi connectivity index (χ3v) is 8.50. The molecular formula is C17H29N4O10S3+. The standard InChI is InChI=1S/C17H28N4O10S3/c1-18-7-9-20(10-8-18)34(29,30)17-14-15(21(22)23)4-5-16(17)19(6-3-13-33(26,27)28)11-12-31-32(2,24)25/h4-5,14H,3,6-13H2,1-2H3,(H,26,27,28)/p+1. The Labute approximate surface area is 199 Å². The zero-order valence-electron chi connectivity index (χ0n) is 18.8. The van der Waals surface area contributed by atoms with Crippen molar-refractivity contribution in [3.8, 4) is 0 Å². The van der Waals surface area contributed by atoms with Crippen molar-refractivity contribution in [3.63, 3.8) is 0 Å². The van der Waals surface area contributed by atoms with Crippen LogP contribution < -0.4 is 9.80 Å². The summed E-state index contributed by atoms with van der Waals surface area (Å²) in [6.45, 7) is 0.866. The number of non-ortho nitro benzene ring substituents is 1. The van der Waals surface area contributed by atoms with Crippen molar-refractivity contribution in [3.05, 3.63) is 28.3 Å². The first-order chi connectivity index (χ1) is 15.6. The van der Waals surface area contributed by atoms with Gasteiger partial charge in [-0.25, -0.2) is 8.42 Å². The van der Waals surface area contributed by atoms with E-state index in [2.05, 4.69) is 0 Å². The van der Waals surface area contributed by atoms with E-state index in [1.807, 2.05) is 7.05 Å². The Morgan fingerprint density at radius 3 is 2.29 bits per heavy atom. The zero-order chi connectivity index (χ0) is 25.7. The summed E-state index contributed by atoms with van der Waals surface area (Å²) >= 11 is 0. The van der Waals surface area contributed by atoms with E-state index in [4.69, 9.17) is 8.74 Å². The molecule has 1 aromatic rings. The summed E-state index contributed by atoms with van der Waals surface area (Å²) in [5, 5.41) is 11.3. The molecule has 0 bridgehead atoms. The van der Waals surface area contributed by atoms with E-state index in [1.165, 1.54) is 15.3 Å². The smallest absolute Gasteiger partial charge is 0.270 e. The van der Waals surface area contributed by atoms with Crippen molar-refractivity contribution in [2.45, 2.75) is 11.3 Å². The highest BCUT2D eigenvalue weighted by Crippen LogP contribution is 2.32. The summed E-state index contributed by atoms with van der Waals surface area (Å²) in [4.78, 5) is 12.8. The number of nitro groups is 1. The molecule has 1 saturated heterocycles. The van der Waals surface area contributed by atoms with Crippen LogP contribution in [0.15, 0.2) is 23.1 Å². The molecule has 0 atom stereocenters. The van der Waals surface area contributed by atoms with Crippen molar-refractivity contribution < 1.29 is 43.8 Å². The Balaban J connectivity index is 2.48. The number of nitrogens with one attached hydrogen (secondary N) is 1. The number of hydrogen-bond acceptors (Lipinski definition) is 10. The number of piperazine rings is 1. The van der Waals surface area contributed by atoms with Gasteiger partial charge in [-0.15, -0.1) is 0 Å². The van der Waals surface area contributed by atoms with Crippen LogP contribution in [0.4, 0.5) is 11.4 Å². The molecule has 0 aromatic heterocycles. The molecular weight excluding hydrogens is 516 g/mol. The van der Waals surface area contributed by atoms with E-state index in [0.717, 1.165) is 23.3 Å². The van der Waals surface area contributed by atoms with Crippen molar-refractivity contribution in [1.82, 2.24) is 4.31 Å². The molecule has 2 N–H and O–H groups in total. The van der Waals surface area contributed by atoms with Crippen LogP contribution in [0.1, 0.15) is 6.42 Å². The van der Waals surface area contributed by atoms with Crippen molar-refractivity contribution in [2.24, 2.45) is 0 Å². The number of nitro benzene ring substituents is 1. The maximum absolute atomic E-state index is 13.5. The van der Waals surface area contributed by atoms with E-state index in [1.54, 1.807) is 0 Å². The number of benzene rings is 1. The molecule has 1 aliphatic rings. The minimum Gasteiger partial charge on any atom is -0.368 e. The van der Waals surface area contributed by atoms with Crippen LogP contribution in [0.2, 0.25) is 0 Å². The van der Waals surface area contributed by atoms with Gasteiger partial charge in [0.1, 0.15) is 4.90 Å². The fraction of sp³-hybridized carbons (Fsp3) is 0.647. The summed E-state index contributed by atoms with van der Waals surface area (Å²) < 4.78 is 86.9. The van der Waals surface area contributed by atoms with Gasteiger partial charge < -0.3 is 9.80 Å². The number of hydrogen-bond donors (Lipinski definition) is 2. The fourth-order valence-electron chi connectivity index (χ4n) is 3.42. The van der Waals surface area contributed by atoms with Crippen molar-refractivity contribution in [1.29, 1.82) is 0 Å². The predicted molar refractivity (Wildman–Crippen MR) is 123 cm³/mol. The molecule has 17 heteroatoms. The van der Waals surface area contributed by atoms with Gasteiger partial charge in [0.25, 0.3) is 25.9 Å². The van der Waals surface area contributed by atoms with Gasteiger partial charge in [0, 0.05) is 25.2 Å². The van der Waals surface area contributed by atoms with Crippen LogP contribution >= 0.6 is 0 Å². The number of nitrogens with zero attached hydrogens (tertiary/aromatic N) is 3. The van der Waals surface area contributed by atoms with Gasteiger partial charge in [-0.1, -0.05) is 0 Å². The normalized spacial score (nSPS) is 16.4. The minimum absolute atomic E-state index is 0.0318. The van der Waals surface area contributed by atoms with Crippen molar-refractivity contribution >= 4 is 41.6 Å². The third-order valence-electron chi connectivity index (χ3n) is 5.18. The van der Waals surface area contributed by atoms with E-state index in [-0.39, 0.29) is 49.8 Å². The molecule has 1 fully saturated rings. The molecule has 0 radical (unpaired) electrons. The maximum Gasteiger partial charge on any atom is 0.270 e. The molecule has 2 rings (SSSR count). The zero-order valence-corrected chi connectivity index (χ0v) is 21.2. The van der Waals surface area contributed by atoms with E-state index in [9.17, 15) is 35.4 Å². The average Bonchev–Trinajstić information content (AvgIpc) is 2.71. The number of sulfonamides is 1. The lowest BCUT2D eigenvalue weighted by molar-refractivity contribution is -0.883. The molecule has 14 nitrogen and oxygen atoms in total. The highest BCUT2D eigenvalue weighted by atomic mass is 32.2. The quantitative estimate of drug-likeness (QED) is 0.130. The monoisotopic (exact) mass is 545 g/mol. The Bertz CT molecular complexity index is 1160. The summed E-state index contributed by atoms with van der Waals surface area (Å²) in [5.41, 5.74) is -0.420. The first-order valence-corrected chi connectivity index (χ1v) is 15.1. The van der Waals surface area contributed by atoms with Crippen LogP contribution in [0.25, 0.3) is 0 Å². The van der Waals surface area contributed by atoms with E-state index >= 15 is 0 Å². The molecule has 34 heavy (non-hydrogen) atoms. The highest BCUT2D eigenvalue weighted by molar-refractivity contribution is 7.89. The van der Waals surface area contributed by atoms with Gasteiger partial charge in [-0.3, -0.25) is 18.9 Å². The van der Waals surface area contributed by atoms with Gasteiger partial charge >= 0.3 is 0 Å². The molecule has 0 unspecified atom stereocenters. The lowest BCUT2D eigenvalue weighted by atomic mass is 10.2. The Kier molecular flexibility index (Phi) is 9.37. The van der Waals surface area contributed by atoms with Gasteiger partial charge in [-0.2, -0.15) is 21.1 Å². The van der Waals surface area contributed by atoms with Crippen LogP contribution in [0.3, 0.4) is 0 Å². The first kappa shape index (κ1) is 28.3. The SMILES string of the molecule is C[NH+]1CCN(S(=O)(=O)c2cc([N+](=O)[O-])ccc2N(CCCS(=O)(=O)O)CCOS(C)(=O)=O)CC1. The molecule has 0 spiro atoms. The third kappa shape index (κ3) is 8.40. The minimum atomic E-state index is -4.30. The van der Waals surface area contributed by atoms with E-state index < -0.39 is 46.6 Å². The lowest BCUT2D eigenvalue weighted by Crippen LogP contribution is -3.12. The predicted octanol–water partition coefficient (Wildman–Crippen LogP) is -1.83. The number of anilines is 1. The maximum atomic E-state index is 13.5. The molecule has 1 aromatic carbocycles. The topological polar surface area (TPSA) is 186 Å². The van der Waals surface area contributed by atoms with Crippen molar-refractivity contribution in [2.75, 3.05) is 69.8 Å². The second-order valence-corrected chi connectivity index (χ2v) is 13.0. The average molecular weight is 546 g/mol. The fourth-order valence-corrected chi connectivity index (χ4v) is 5.96. The first-order valence-electron chi connectivity index (χ1n) is 10.2. The molecule has 194 valence electrons. The molecule has 1 aliphatic heterocycles. The highest BCUT2D eigenvalue weighted by Gasteiger charge is 2.33. The summed E-state index contributed by atoms with van der Waals surface area (Å²) in [5.74, 6) is -0.618. The number of rotatable bonds is 12. The van der Waals surface area contributed by atoms with Gasteiger partial charge in [0.2, 0.25) is 10.0 Å². The Hall–Kier alpha value is -1.89. The molecule has 0 amide bonds. The second kappa shape index (κ2) is 11.2. The van der Waals surface area contributed by atoms with Crippen LogP contribution in [-0.2, 0) is 34.4 Å². The van der Waals surface area contributed by atoms with Gasteiger partial charge in [0.05, 0.1) is 62.5 Å². The second-order valence-electron chi connectivity index (χ2n) is 7.92. The van der Waals surface area contributed by atoms with E-state index in [0.29, 0.717) is 13.1 Å². The van der Waals surface area contributed by atoms with Gasteiger partial charge in [-0.05, 0) is 12.5 Å². The number of likely N-dealkylation sites (N-methyl/N-ethyl adjacent to an activating group) is 1. The molecule has 0 aliphatic carbocycles. The Morgan fingerprint density at radius 2 is 1.76 bits per heavy atom. The summed E-state index contributed by atoms with van der Waals surface area (Å²) in [6, 6.07) is 3.26. The van der Waals surface area contributed by atoms with Gasteiger partial charge in [0.15, 0.2) is 0 Å².